The van der Waals surface area contributed by atoms with Crippen molar-refractivity contribution in [2.24, 2.45) is 10.8 Å². The summed E-state index contributed by atoms with van der Waals surface area (Å²) >= 11 is 4.72. The third-order valence-electron chi connectivity index (χ3n) is 2.47. The number of ether oxygens (including phenoxy) is 2. The molecule has 1 aromatic rings. The Balaban J connectivity index is 2.81. The van der Waals surface area contributed by atoms with Gasteiger partial charge in [0, 0.05) is 11.6 Å². The zero-order valence-corrected chi connectivity index (χ0v) is 13.6. The molecule has 0 aliphatic heterocycles. The van der Waals surface area contributed by atoms with E-state index in [0.29, 0.717) is 11.5 Å². The lowest BCUT2D eigenvalue weighted by Gasteiger charge is -2.11. The molecule has 0 saturated carbocycles. The van der Waals surface area contributed by atoms with Crippen LogP contribution in [0.25, 0.3) is 0 Å². The molecule has 1 amide bonds. The molecule has 0 atom stereocenters. The predicted octanol–water partition coefficient (Wildman–Crippen LogP) is 1.37. The SMILES string of the molecule is COc1ccc(/C(COC(=O)NC(C)C)=N/NC(N)=S)cc1. The number of carbonyl (C=O) groups is 1. The zero-order chi connectivity index (χ0) is 16.5. The first-order valence-electron chi connectivity index (χ1n) is 6.62. The molecule has 0 radical (unpaired) electrons. The molecule has 0 aliphatic carbocycles. The lowest BCUT2D eigenvalue weighted by atomic mass is 10.1. The molecule has 0 aromatic heterocycles. The van der Waals surface area contributed by atoms with Crippen molar-refractivity contribution >= 4 is 29.1 Å². The van der Waals surface area contributed by atoms with E-state index in [1.165, 1.54) is 0 Å². The number of hydrogen-bond acceptors (Lipinski definition) is 5. The Labute approximate surface area is 134 Å². The average Bonchev–Trinajstić information content (AvgIpc) is 2.46. The minimum Gasteiger partial charge on any atom is -0.497 e. The molecule has 120 valence electrons. The Morgan fingerprint density at radius 1 is 1.36 bits per heavy atom. The highest BCUT2D eigenvalue weighted by atomic mass is 32.1. The molecule has 7 nitrogen and oxygen atoms in total. The van der Waals surface area contributed by atoms with E-state index in [2.05, 4.69) is 15.8 Å². The third kappa shape index (κ3) is 6.40. The second-order valence-corrected chi connectivity index (χ2v) is 5.08. The molecular weight excluding hydrogens is 304 g/mol. The number of nitrogens with two attached hydrogens (primary N) is 1. The fraction of sp³-hybridized carbons (Fsp3) is 0.357. The van der Waals surface area contributed by atoms with Gasteiger partial charge in [0.1, 0.15) is 18.1 Å². The lowest BCUT2D eigenvalue weighted by molar-refractivity contribution is 0.159. The van der Waals surface area contributed by atoms with Crippen LogP contribution in [0.1, 0.15) is 19.4 Å². The largest absolute Gasteiger partial charge is 0.497 e. The van der Waals surface area contributed by atoms with Gasteiger partial charge >= 0.3 is 6.09 Å². The Morgan fingerprint density at radius 2 is 2.00 bits per heavy atom. The van der Waals surface area contributed by atoms with Gasteiger partial charge in [-0.05, 0) is 50.3 Å². The Hall–Kier alpha value is -2.35. The second-order valence-electron chi connectivity index (χ2n) is 4.64. The third-order valence-corrected chi connectivity index (χ3v) is 2.56. The first-order valence-corrected chi connectivity index (χ1v) is 7.03. The van der Waals surface area contributed by atoms with Gasteiger partial charge in [-0.25, -0.2) is 4.79 Å². The molecule has 1 rings (SSSR count). The summed E-state index contributed by atoms with van der Waals surface area (Å²) in [5, 5.41) is 6.71. The van der Waals surface area contributed by atoms with Gasteiger partial charge in [0.15, 0.2) is 5.11 Å². The fourth-order valence-electron chi connectivity index (χ4n) is 1.50. The van der Waals surface area contributed by atoms with Gasteiger partial charge in [0.25, 0.3) is 0 Å². The van der Waals surface area contributed by atoms with Crippen LogP contribution in [0, 0.1) is 0 Å². The Kier molecular flexibility index (Phi) is 7.11. The van der Waals surface area contributed by atoms with Gasteiger partial charge in [-0.15, -0.1) is 0 Å². The minimum atomic E-state index is -0.522. The highest BCUT2D eigenvalue weighted by Crippen LogP contribution is 2.12. The van der Waals surface area contributed by atoms with E-state index in [9.17, 15) is 4.79 Å². The first kappa shape index (κ1) is 17.7. The number of hydrazone groups is 1. The molecule has 0 fully saturated rings. The van der Waals surface area contributed by atoms with Crippen molar-refractivity contribution in [3.05, 3.63) is 29.8 Å². The van der Waals surface area contributed by atoms with E-state index in [-0.39, 0.29) is 17.8 Å². The van der Waals surface area contributed by atoms with Crippen LogP contribution in [0.4, 0.5) is 4.79 Å². The van der Waals surface area contributed by atoms with Gasteiger partial charge in [-0.1, -0.05) is 0 Å². The standard InChI is InChI=1S/C14H20N4O3S/c1-9(2)16-14(19)21-8-12(17-18-13(15)22)10-4-6-11(20-3)7-5-10/h4-7,9H,8H2,1-3H3,(H,16,19)(H3,15,18,22)/b17-12+. The monoisotopic (exact) mass is 324 g/mol. The number of alkyl carbamates (subject to hydrolysis) is 1. The van der Waals surface area contributed by atoms with Crippen LogP contribution >= 0.6 is 12.2 Å². The van der Waals surface area contributed by atoms with Gasteiger partial charge < -0.3 is 20.5 Å². The van der Waals surface area contributed by atoms with Crippen molar-refractivity contribution in [3.8, 4) is 5.75 Å². The van der Waals surface area contributed by atoms with E-state index in [4.69, 9.17) is 27.4 Å². The van der Waals surface area contributed by atoms with Crippen LogP contribution in [0.3, 0.4) is 0 Å². The second kappa shape index (κ2) is 8.83. The minimum absolute atomic E-state index is 0.0105. The summed E-state index contributed by atoms with van der Waals surface area (Å²) in [7, 11) is 1.58. The number of hydrogen-bond donors (Lipinski definition) is 3. The summed E-state index contributed by atoms with van der Waals surface area (Å²) in [4.78, 5) is 11.5. The van der Waals surface area contributed by atoms with E-state index < -0.39 is 6.09 Å². The molecule has 8 heteroatoms. The van der Waals surface area contributed by atoms with Gasteiger partial charge in [0.2, 0.25) is 0 Å². The van der Waals surface area contributed by atoms with Gasteiger partial charge in [-0.2, -0.15) is 5.10 Å². The van der Waals surface area contributed by atoms with E-state index in [1.54, 1.807) is 31.4 Å². The van der Waals surface area contributed by atoms with Crippen LogP contribution in [0.15, 0.2) is 29.4 Å². The number of nitrogens with zero attached hydrogens (tertiary/aromatic N) is 1. The quantitative estimate of drug-likeness (QED) is 0.415. The number of carbonyl (C=O) groups excluding carboxylic acids is 1. The van der Waals surface area contributed by atoms with Crippen molar-refractivity contribution in [1.82, 2.24) is 10.7 Å². The highest BCUT2D eigenvalue weighted by molar-refractivity contribution is 7.80. The zero-order valence-electron chi connectivity index (χ0n) is 12.8. The Bertz CT molecular complexity index is 544. The van der Waals surface area contributed by atoms with Crippen molar-refractivity contribution < 1.29 is 14.3 Å². The first-order chi connectivity index (χ1) is 10.4. The van der Waals surface area contributed by atoms with Crippen LogP contribution in [-0.4, -0.2) is 36.7 Å². The number of rotatable bonds is 6. The van der Waals surface area contributed by atoms with Crippen molar-refractivity contribution in [2.45, 2.75) is 19.9 Å². The number of amides is 1. The molecule has 0 bridgehead atoms. The Morgan fingerprint density at radius 3 is 2.50 bits per heavy atom. The summed E-state index contributed by atoms with van der Waals surface area (Å²) in [6.07, 6.45) is -0.522. The van der Waals surface area contributed by atoms with E-state index in [1.807, 2.05) is 13.8 Å². The van der Waals surface area contributed by atoms with Crippen LogP contribution in [0.2, 0.25) is 0 Å². The number of benzene rings is 1. The summed E-state index contributed by atoms with van der Waals surface area (Å²) in [6.45, 7) is 3.66. The van der Waals surface area contributed by atoms with Crippen LogP contribution in [-0.2, 0) is 4.74 Å². The molecule has 0 unspecified atom stereocenters. The van der Waals surface area contributed by atoms with E-state index >= 15 is 0 Å². The molecule has 22 heavy (non-hydrogen) atoms. The summed E-state index contributed by atoms with van der Waals surface area (Å²) in [5.41, 5.74) is 9.08. The fourth-order valence-corrected chi connectivity index (χ4v) is 1.54. The van der Waals surface area contributed by atoms with Crippen molar-refractivity contribution in [3.63, 3.8) is 0 Å². The summed E-state index contributed by atoms with van der Waals surface area (Å²) < 4.78 is 10.2. The molecule has 0 aliphatic rings. The molecule has 1 aromatic carbocycles. The number of nitrogens with one attached hydrogen (secondary N) is 2. The molecule has 0 saturated heterocycles. The van der Waals surface area contributed by atoms with Crippen molar-refractivity contribution in [2.75, 3.05) is 13.7 Å². The van der Waals surface area contributed by atoms with Crippen molar-refractivity contribution in [1.29, 1.82) is 0 Å². The normalized spacial score (nSPS) is 11.0. The summed E-state index contributed by atoms with van der Waals surface area (Å²) in [6, 6.07) is 7.13. The predicted molar refractivity (Wildman–Crippen MR) is 89.1 cm³/mol. The number of methoxy groups -OCH3 is 1. The molecule has 0 spiro atoms. The van der Waals surface area contributed by atoms with Crippen LogP contribution < -0.4 is 21.2 Å². The highest BCUT2D eigenvalue weighted by Gasteiger charge is 2.10. The maximum Gasteiger partial charge on any atom is 0.407 e. The lowest BCUT2D eigenvalue weighted by Crippen LogP contribution is -2.33. The maximum absolute atomic E-state index is 11.5. The average molecular weight is 324 g/mol. The number of thiocarbonyl (C=S) groups is 1. The summed E-state index contributed by atoms with van der Waals surface area (Å²) in [5.74, 6) is 0.712. The topological polar surface area (TPSA) is 98.0 Å². The van der Waals surface area contributed by atoms with Crippen LogP contribution in [0.5, 0.6) is 5.75 Å². The smallest absolute Gasteiger partial charge is 0.407 e. The van der Waals surface area contributed by atoms with E-state index in [0.717, 1.165) is 5.56 Å². The maximum atomic E-state index is 11.5. The van der Waals surface area contributed by atoms with Gasteiger partial charge in [0.05, 0.1) is 7.11 Å². The van der Waals surface area contributed by atoms with Gasteiger partial charge in [-0.3, -0.25) is 5.43 Å². The molecule has 4 N–H and O–H groups in total. The molecular formula is C14H20N4O3S. The molecule has 0 heterocycles.